The first-order valence-corrected chi connectivity index (χ1v) is 44.0. The van der Waals surface area contributed by atoms with Crippen LogP contribution in [-0.2, 0) is 65.4 Å². The van der Waals surface area contributed by atoms with Crippen LogP contribution in [0.3, 0.4) is 0 Å². The summed E-state index contributed by atoms with van der Waals surface area (Å²) in [5.74, 6) is -2.30. The van der Waals surface area contributed by atoms with Gasteiger partial charge in [-0.3, -0.25) is 37.3 Å². The summed E-state index contributed by atoms with van der Waals surface area (Å²) in [6.45, 7) is 4.35. The van der Waals surface area contributed by atoms with Crippen molar-refractivity contribution in [2.45, 2.75) is 316 Å². The van der Waals surface area contributed by atoms with Crippen LogP contribution in [0.5, 0.6) is 0 Å². The molecule has 0 saturated carbocycles. The van der Waals surface area contributed by atoms with E-state index in [-0.39, 0.29) is 25.7 Å². The Kier molecular flexibility index (Phi) is 75.0. The summed E-state index contributed by atoms with van der Waals surface area (Å²) in [6, 6.07) is 0. The Bertz CT molecular complexity index is 2760. The van der Waals surface area contributed by atoms with Crippen molar-refractivity contribution in [2.75, 3.05) is 39.6 Å². The molecule has 0 radical (unpaired) electrons. The molecule has 108 heavy (non-hydrogen) atoms. The van der Waals surface area contributed by atoms with Crippen molar-refractivity contribution in [3.05, 3.63) is 182 Å². The summed E-state index contributed by atoms with van der Waals surface area (Å²) >= 11 is 0. The lowest BCUT2D eigenvalue weighted by Crippen LogP contribution is -2.30. The Labute approximate surface area is 654 Å². The molecule has 0 aromatic heterocycles. The predicted octanol–water partition coefficient (Wildman–Crippen LogP) is 24.3. The number of esters is 4. The zero-order chi connectivity index (χ0) is 78.9. The van der Waals surface area contributed by atoms with E-state index in [2.05, 4.69) is 198 Å². The van der Waals surface area contributed by atoms with Crippen molar-refractivity contribution in [3.8, 4) is 0 Å². The Balaban J connectivity index is 5.46. The maximum Gasteiger partial charge on any atom is 0.472 e. The number of phosphoric acid groups is 2. The highest BCUT2D eigenvalue weighted by Crippen LogP contribution is 2.45. The molecule has 19 heteroatoms. The zero-order valence-corrected chi connectivity index (χ0v) is 68.7. The van der Waals surface area contributed by atoms with Gasteiger partial charge in [0.2, 0.25) is 0 Å². The minimum absolute atomic E-state index is 0.0598. The van der Waals surface area contributed by atoms with E-state index in [9.17, 15) is 43.2 Å². The van der Waals surface area contributed by atoms with Crippen LogP contribution in [0.1, 0.15) is 297 Å². The van der Waals surface area contributed by atoms with Crippen LogP contribution in [0, 0.1) is 0 Å². The number of carbonyl (C=O) groups excluding carboxylic acids is 4. The molecule has 0 aliphatic carbocycles. The highest BCUT2D eigenvalue weighted by molar-refractivity contribution is 7.47. The molecule has 612 valence electrons. The topological polar surface area (TPSA) is 237 Å². The molecule has 0 aromatic carbocycles. The third-order valence-electron chi connectivity index (χ3n) is 16.3. The molecule has 17 nitrogen and oxygen atoms in total. The van der Waals surface area contributed by atoms with Gasteiger partial charge in [0.05, 0.1) is 26.4 Å². The molecule has 0 aromatic rings. The van der Waals surface area contributed by atoms with Gasteiger partial charge in [-0.25, -0.2) is 9.13 Å². The Hall–Kier alpha value is -5.84. The molecule has 0 aliphatic rings. The standard InChI is InChI=1S/C89H144O17P2/c1-5-9-13-17-21-25-29-33-36-39-41-44-47-51-54-58-62-66-70-74-87(92)100-80-85(106-89(94)76-72-68-64-60-56-52-48-45-42-40-37-34-30-26-22-18-14-10-6-2)82-104-108(97,98)102-78-83(90)77-101-107(95,96)103-81-84(105-88(93)75-71-67-63-59-55-49-32-28-24-20-16-12-8-4)79-99-86(91)73-69-65-61-57-53-50-46-43-38-35-31-27-23-19-15-11-7-3/h9-11,13-16,20-23,25-28,32-38,41-42,44-46,50,57,61,83-85,90H,5-8,12,17-19,24,29-31,39-40,43,47-49,51-56,58-60,62-82H2,1-4H3,(H,95,96)(H,97,98)/b13-9-,14-10-,15-11-,20-16-,25-21-,26-22-,27-23-,32-28-,36-33-,37-34-,38-35-,44-41-,45-42-,50-46-,61-57-. The van der Waals surface area contributed by atoms with E-state index < -0.39 is 97.5 Å². The van der Waals surface area contributed by atoms with E-state index in [0.717, 1.165) is 212 Å². The van der Waals surface area contributed by atoms with Gasteiger partial charge in [0.15, 0.2) is 12.2 Å². The second-order valence-electron chi connectivity index (χ2n) is 26.6. The quantitative estimate of drug-likeness (QED) is 0.0169. The Morgan fingerprint density at radius 1 is 0.269 bits per heavy atom. The molecule has 3 N–H and O–H groups in total. The lowest BCUT2D eigenvalue weighted by Gasteiger charge is -2.21. The minimum Gasteiger partial charge on any atom is -0.462 e. The largest absolute Gasteiger partial charge is 0.472 e. The van der Waals surface area contributed by atoms with Crippen LogP contribution in [-0.4, -0.2) is 96.7 Å². The van der Waals surface area contributed by atoms with Gasteiger partial charge in [-0.05, 0) is 167 Å². The number of carbonyl (C=O) groups is 4. The molecule has 5 unspecified atom stereocenters. The number of phosphoric ester groups is 2. The van der Waals surface area contributed by atoms with Crippen LogP contribution in [0.15, 0.2) is 182 Å². The van der Waals surface area contributed by atoms with Gasteiger partial charge < -0.3 is 33.8 Å². The third-order valence-corrected chi connectivity index (χ3v) is 18.2. The van der Waals surface area contributed by atoms with Crippen LogP contribution in [0.25, 0.3) is 0 Å². The number of rotatable bonds is 75. The highest BCUT2D eigenvalue weighted by atomic mass is 31.2. The summed E-state index contributed by atoms with van der Waals surface area (Å²) in [6.07, 6.45) is 95.8. The molecule has 5 atom stereocenters. The Morgan fingerprint density at radius 2 is 0.491 bits per heavy atom. The fraction of sp³-hybridized carbons (Fsp3) is 0.618. The SMILES string of the molecule is CC/C=C\C/C=C\C/C=C\C/C=C\C/C=C\CCCC(=O)OCC(COP(=O)(O)OCC(O)COP(=O)(O)OCC(COC(=O)CCCCCCCC/C=C\C/C=C\C/C=C\C/C=C\CC)OC(=O)CCCCCCCC/C=C\C/C=C\C/C=C\C/C=C\CC)OC(=O)CCCCCCC/C=C\C/C=C\CCC. The van der Waals surface area contributed by atoms with Gasteiger partial charge in [-0.1, -0.05) is 287 Å². The molecule has 0 heterocycles. The van der Waals surface area contributed by atoms with Crippen molar-refractivity contribution in [1.29, 1.82) is 0 Å². The van der Waals surface area contributed by atoms with Crippen LogP contribution < -0.4 is 0 Å². The molecule has 0 spiro atoms. The normalized spacial score (nSPS) is 14.8. The van der Waals surface area contributed by atoms with Crippen LogP contribution in [0.4, 0.5) is 0 Å². The highest BCUT2D eigenvalue weighted by Gasteiger charge is 2.30. The van der Waals surface area contributed by atoms with Gasteiger partial charge in [0.1, 0.15) is 19.3 Å². The average Bonchev–Trinajstić information content (AvgIpc) is 0.887. The molecule has 0 aliphatic heterocycles. The third kappa shape index (κ3) is 78.3. The second kappa shape index (κ2) is 79.3. The summed E-state index contributed by atoms with van der Waals surface area (Å²) in [4.78, 5) is 73.1. The zero-order valence-electron chi connectivity index (χ0n) is 66.9. The van der Waals surface area contributed by atoms with Gasteiger partial charge in [-0.2, -0.15) is 0 Å². The number of hydrogen-bond donors (Lipinski definition) is 3. The van der Waals surface area contributed by atoms with Gasteiger partial charge in [0, 0.05) is 25.7 Å². The van der Waals surface area contributed by atoms with Crippen molar-refractivity contribution < 1.29 is 80.2 Å². The number of ether oxygens (including phenoxy) is 4. The molecular formula is C89H144O17P2. The number of unbranched alkanes of at least 4 members (excludes halogenated alkanes) is 19. The fourth-order valence-electron chi connectivity index (χ4n) is 10.2. The average molecular weight is 1550 g/mol. The first-order chi connectivity index (χ1) is 52.7. The van der Waals surface area contributed by atoms with E-state index >= 15 is 0 Å². The minimum atomic E-state index is -5.00. The molecule has 0 rings (SSSR count). The summed E-state index contributed by atoms with van der Waals surface area (Å²) in [5, 5.41) is 10.7. The number of aliphatic hydroxyl groups is 1. The molecule has 0 saturated heterocycles. The molecule has 0 fully saturated rings. The van der Waals surface area contributed by atoms with Gasteiger partial charge in [-0.15, -0.1) is 0 Å². The first kappa shape index (κ1) is 102. The second-order valence-corrected chi connectivity index (χ2v) is 29.5. The molecule has 0 bridgehead atoms. The summed E-state index contributed by atoms with van der Waals surface area (Å²) < 4.78 is 68.6. The van der Waals surface area contributed by atoms with Crippen molar-refractivity contribution >= 4 is 39.5 Å². The summed E-state index contributed by atoms with van der Waals surface area (Å²) in [7, 11) is -10.0. The molecular weight excluding hydrogens is 1400 g/mol. The lowest BCUT2D eigenvalue weighted by molar-refractivity contribution is -0.161. The van der Waals surface area contributed by atoms with E-state index in [1.54, 1.807) is 0 Å². The van der Waals surface area contributed by atoms with Crippen LogP contribution in [0.2, 0.25) is 0 Å². The van der Waals surface area contributed by atoms with E-state index in [4.69, 9.17) is 37.0 Å². The monoisotopic (exact) mass is 1550 g/mol. The number of allylic oxidation sites excluding steroid dienone is 30. The first-order valence-electron chi connectivity index (χ1n) is 41.0. The van der Waals surface area contributed by atoms with Gasteiger partial charge >= 0.3 is 39.5 Å². The lowest BCUT2D eigenvalue weighted by atomic mass is 10.1. The van der Waals surface area contributed by atoms with Gasteiger partial charge in [0.25, 0.3) is 0 Å². The van der Waals surface area contributed by atoms with E-state index in [1.807, 2.05) is 12.2 Å². The van der Waals surface area contributed by atoms with Crippen molar-refractivity contribution in [2.24, 2.45) is 0 Å². The molecule has 0 amide bonds. The maximum atomic E-state index is 13.1. The smallest absolute Gasteiger partial charge is 0.462 e. The van der Waals surface area contributed by atoms with Crippen molar-refractivity contribution in [1.82, 2.24) is 0 Å². The van der Waals surface area contributed by atoms with E-state index in [1.165, 1.54) is 0 Å². The van der Waals surface area contributed by atoms with Crippen molar-refractivity contribution in [3.63, 3.8) is 0 Å². The summed E-state index contributed by atoms with van der Waals surface area (Å²) in [5.41, 5.74) is 0. The fourth-order valence-corrected chi connectivity index (χ4v) is 11.8. The number of hydrogen-bond acceptors (Lipinski definition) is 15. The Morgan fingerprint density at radius 3 is 0.778 bits per heavy atom. The number of aliphatic hydroxyl groups excluding tert-OH is 1. The van der Waals surface area contributed by atoms with E-state index in [0.29, 0.717) is 32.1 Å². The maximum absolute atomic E-state index is 13.1. The van der Waals surface area contributed by atoms with Crippen LogP contribution >= 0.6 is 15.6 Å². The predicted molar refractivity (Wildman–Crippen MR) is 445 cm³/mol.